The zero-order chi connectivity index (χ0) is 15.9. The van der Waals surface area contributed by atoms with Crippen LogP contribution in [0.1, 0.15) is 24.5 Å². The van der Waals surface area contributed by atoms with Crippen molar-refractivity contribution in [3.63, 3.8) is 0 Å². The molecule has 1 heterocycles. The Balaban J connectivity index is 0.00000264. The van der Waals surface area contributed by atoms with E-state index in [1.807, 2.05) is 0 Å². The fraction of sp³-hybridized carbons (Fsp3) is 0.529. The van der Waals surface area contributed by atoms with Gasteiger partial charge in [0.1, 0.15) is 0 Å². The topological polar surface area (TPSA) is 47.9 Å². The lowest BCUT2D eigenvalue weighted by atomic mass is 10.0. The minimum absolute atomic E-state index is 0. The average molecular weight is 430 g/mol. The van der Waals surface area contributed by atoms with Crippen LogP contribution in [0.2, 0.25) is 0 Å². The normalized spacial score (nSPS) is 13.9. The van der Waals surface area contributed by atoms with Crippen LogP contribution >= 0.6 is 24.0 Å². The zero-order valence-electron chi connectivity index (χ0n) is 14.2. The lowest BCUT2D eigenvalue weighted by Crippen LogP contribution is -2.44. The lowest BCUT2D eigenvalue weighted by Gasteiger charge is -2.31. The van der Waals surface area contributed by atoms with E-state index in [2.05, 4.69) is 46.4 Å². The summed E-state index contributed by atoms with van der Waals surface area (Å²) in [5, 5.41) is 3.34. The highest BCUT2D eigenvalue weighted by atomic mass is 127. The second kappa shape index (κ2) is 9.75. The predicted molar refractivity (Wildman–Crippen MR) is 105 cm³/mol. The fourth-order valence-electron chi connectivity index (χ4n) is 2.58. The molecule has 0 saturated carbocycles. The van der Waals surface area contributed by atoms with Crippen LogP contribution in [0.5, 0.6) is 0 Å². The van der Waals surface area contributed by atoms with Crippen LogP contribution in [-0.4, -0.2) is 55.4 Å². The van der Waals surface area contributed by atoms with E-state index in [4.69, 9.17) is 0 Å². The Bertz CT molecular complexity index is 545. The number of benzene rings is 1. The first-order chi connectivity index (χ1) is 10.6. The van der Waals surface area contributed by atoms with Crippen LogP contribution in [0.4, 0.5) is 0 Å². The largest absolute Gasteiger partial charge is 0.357 e. The number of hydrogen-bond acceptors (Lipinski definition) is 2. The number of hydrogen-bond donors (Lipinski definition) is 1. The van der Waals surface area contributed by atoms with Gasteiger partial charge in [0.15, 0.2) is 5.96 Å². The highest BCUT2D eigenvalue weighted by Gasteiger charge is 2.18. The van der Waals surface area contributed by atoms with Gasteiger partial charge in [-0.1, -0.05) is 24.3 Å². The summed E-state index contributed by atoms with van der Waals surface area (Å²) in [6.45, 7) is 5.27. The van der Waals surface area contributed by atoms with Gasteiger partial charge in [-0.2, -0.15) is 0 Å². The van der Waals surface area contributed by atoms with Crippen LogP contribution in [0, 0.1) is 0 Å². The number of rotatable bonds is 4. The summed E-state index contributed by atoms with van der Waals surface area (Å²) in [7, 11) is 3.55. The van der Waals surface area contributed by atoms with Crippen molar-refractivity contribution in [2.24, 2.45) is 4.99 Å². The second-order valence-corrected chi connectivity index (χ2v) is 5.71. The summed E-state index contributed by atoms with van der Waals surface area (Å²) >= 11 is 0. The number of guanidine groups is 1. The van der Waals surface area contributed by atoms with Crippen molar-refractivity contribution in [2.75, 3.05) is 33.7 Å². The molecule has 1 aliphatic heterocycles. The molecule has 0 aliphatic carbocycles. The van der Waals surface area contributed by atoms with Crippen molar-refractivity contribution < 1.29 is 4.79 Å². The number of nitrogens with one attached hydrogen (secondary N) is 1. The van der Waals surface area contributed by atoms with Crippen molar-refractivity contribution in [1.29, 1.82) is 0 Å². The van der Waals surface area contributed by atoms with E-state index in [0.29, 0.717) is 13.0 Å². The lowest BCUT2D eigenvalue weighted by molar-refractivity contribution is -0.128. The van der Waals surface area contributed by atoms with Crippen LogP contribution in [-0.2, 0) is 17.8 Å². The van der Waals surface area contributed by atoms with Gasteiger partial charge in [-0.05, 0) is 24.5 Å². The van der Waals surface area contributed by atoms with Gasteiger partial charge in [-0.25, -0.2) is 0 Å². The second-order valence-electron chi connectivity index (χ2n) is 5.71. The number of aliphatic imine (C=N–C) groups is 1. The summed E-state index contributed by atoms with van der Waals surface area (Å²) in [6.07, 6.45) is 1.49. The Kier molecular flexibility index (Phi) is 8.36. The predicted octanol–water partition coefficient (Wildman–Crippen LogP) is 2.11. The molecule has 6 heteroatoms. The number of amides is 1. The monoisotopic (exact) mass is 430 g/mol. The molecule has 0 aromatic heterocycles. The van der Waals surface area contributed by atoms with Crippen LogP contribution in [0.15, 0.2) is 29.3 Å². The molecule has 0 bridgehead atoms. The Morgan fingerprint density at radius 3 is 2.65 bits per heavy atom. The smallest absolute Gasteiger partial charge is 0.223 e. The molecule has 128 valence electrons. The molecule has 23 heavy (non-hydrogen) atoms. The molecule has 1 amide bonds. The third-order valence-electron chi connectivity index (χ3n) is 3.85. The number of fused-ring (bicyclic) bond motifs is 1. The highest BCUT2D eigenvalue weighted by molar-refractivity contribution is 14.0. The Morgan fingerprint density at radius 1 is 1.30 bits per heavy atom. The Labute approximate surface area is 156 Å². The Hall–Kier alpha value is -1.31. The molecule has 1 aromatic carbocycles. The summed E-state index contributed by atoms with van der Waals surface area (Å²) in [6, 6.07) is 8.57. The Morgan fingerprint density at radius 2 is 2.00 bits per heavy atom. The van der Waals surface area contributed by atoms with Crippen molar-refractivity contribution in [3.05, 3.63) is 35.4 Å². The van der Waals surface area contributed by atoms with E-state index < -0.39 is 0 Å². The molecular formula is C17H27IN4O. The van der Waals surface area contributed by atoms with E-state index >= 15 is 0 Å². The molecular weight excluding hydrogens is 403 g/mol. The van der Waals surface area contributed by atoms with Crippen LogP contribution in [0.3, 0.4) is 0 Å². The molecule has 0 spiro atoms. The van der Waals surface area contributed by atoms with Crippen molar-refractivity contribution in [1.82, 2.24) is 15.1 Å². The molecule has 0 fully saturated rings. The summed E-state index contributed by atoms with van der Waals surface area (Å²) in [5.74, 6) is 1.02. The van der Waals surface area contributed by atoms with E-state index in [1.165, 1.54) is 11.1 Å². The number of nitrogens with zero attached hydrogens (tertiary/aromatic N) is 3. The average Bonchev–Trinajstić information content (AvgIpc) is 2.53. The molecule has 2 rings (SSSR count). The minimum Gasteiger partial charge on any atom is -0.357 e. The van der Waals surface area contributed by atoms with Gasteiger partial charge in [0.25, 0.3) is 0 Å². The van der Waals surface area contributed by atoms with Gasteiger partial charge in [-0.3, -0.25) is 9.79 Å². The number of halogens is 1. The number of carbonyl (C=O) groups is 1. The quantitative estimate of drug-likeness (QED) is 0.452. The fourth-order valence-corrected chi connectivity index (χ4v) is 2.58. The van der Waals surface area contributed by atoms with Crippen LogP contribution in [0.25, 0.3) is 0 Å². The van der Waals surface area contributed by atoms with E-state index in [-0.39, 0.29) is 29.9 Å². The van der Waals surface area contributed by atoms with E-state index in [9.17, 15) is 4.79 Å². The van der Waals surface area contributed by atoms with E-state index in [0.717, 1.165) is 32.0 Å². The molecule has 0 atom stereocenters. The molecule has 1 aromatic rings. The van der Waals surface area contributed by atoms with Gasteiger partial charge >= 0.3 is 0 Å². The van der Waals surface area contributed by atoms with Gasteiger partial charge in [0.2, 0.25) is 5.91 Å². The molecule has 0 saturated heterocycles. The first-order valence-corrected chi connectivity index (χ1v) is 7.92. The summed E-state index contributed by atoms with van der Waals surface area (Å²) < 4.78 is 0. The SMILES string of the molecule is CCNC(=NCCC(=O)N(C)C)N1CCc2ccccc2C1.I. The maximum absolute atomic E-state index is 11.6. The van der Waals surface area contributed by atoms with Crippen LogP contribution < -0.4 is 5.32 Å². The van der Waals surface area contributed by atoms with Gasteiger partial charge in [0, 0.05) is 40.2 Å². The standard InChI is InChI=1S/C17H26N4O.HI/c1-4-18-17(19-11-9-16(22)20(2)3)21-12-10-14-7-5-6-8-15(14)13-21;/h5-8H,4,9-13H2,1-3H3,(H,18,19);1H. The van der Waals surface area contributed by atoms with Gasteiger partial charge in [0.05, 0.1) is 6.54 Å². The molecule has 5 nitrogen and oxygen atoms in total. The van der Waals surface area contributed by atoms with E-state index in [1.54, 1.807) is 19.0 Å². The summed E-state index contributed by atoms with van der Waals surface area (Å²) in [5.41, 5.74) is 2.79. The third kappa shape index (κ3) is 5.67. The van der Waals surface area contributed by atoms with Gasteiger partial charge < -0.3 is 15.1 Å². The molecule has 0 unspecified atom stereocenters. The molecule has 1 N–H and O–H groups in total. The number of carbonyl (C=O) groups excluding carboxylic acids is 1. The maximum atomic E-state index is 11.6. The zero-order valence-corrected chi connectivity index (χ0v) is 16.5. The summed E-state index contributed by atoms with van der Waals surface area (Å²) in [4.78, 5) is 20.1. The highest BCUT2D eigenvalue weighted by Crippen LogP contribution is 2.18. The third-order valence-corrected chi connectivity index (χ3v) is 3.85. The first-order valence-electron chi connectivity index (χ1n) is 7.92. The van der Waals surface area contributed by atoms with Crippen molar-refractivity contribution in [3.8, 4) is 0 Å². The van der Waals surface area contributed by atoms with Gasteiger partial charge in [-0.15, -0.1) is 24.0 Å². The van der Waals surface area contributed by atoms with Crippen molar-refractivity contribution >= 4 is 35.8 Å². The maximum Gasteiger partial charge on any atom is 0.223 e. The van der Waals surface area contributed by atoms with Crippen molar-refractivity contribution in [2.45, 2.75) is 26.3 Å². The first kappa shape index (κ1) is 19.7. The molecule has 1 aliphatic rings. The molecule has 0 radical (unpaired) electrons. The minimum atomic E-state index is 0.